The zero-order chi connectivity index (χ0) is 22.3. The minimum absolute atomic E-state index is 0.0311. The van der Waals surface area contributed by atoms with Gasteiger partial charge in [0.15, 0.2) is 17.5 Å². The summed E-state index contributed by atoms with van der Waals surface area (Å²) in [5.41, 5.74) is 0.602. The van der Waals surface area contributed by atoms with E-state index in [-0.39, 0.29) is 38.5 Å². The molecule has 3 heterocycles. The summed E-state index contributed by atoms with van der Waals surface area (Å²) < 4.78 is 67.4. The highest BCUT2D eigenvalue weighted by Gasteiger charge is 2.37. The van der Waals surface area contributed by atoms with Crippen molar-refractivity contribution in [2.75, 3.05) is 26.2 Å². The molecule has 31 heavy (non-hydrogen) atoms. The lowest BCUT2D eigenvalue weighted by molar-refractivity contribution is -0.143. The topological polar surface area (TPSA) is 79.3 Å². The summed E-state index contributed by atoms with van der Waals surface area (Å²) in [6.45, 7) is -0.201. The maximum absolute atomic E-state index is 14.0. The molecule has 2 aliphatic rings. The molecule has 1 unspecified atom stereocenters. The van der Waals surface area contributed by atoms with Crippen molar-refractivity contribution in [2.45, 2.75) is 17.4 Å². The van der Waals surface area contributed by atoms with Gasteiger partial charge in [-0.2, -0.15) is 4.31 Å². The molecule has 7 nitrogen and oxygen atoms in total. The van der Waals surface area contributed by atoms with Crippen molar-refractivity contribution in [3.63, 3.8) is 0 Å². The van der Waals surface area contributed by atoms with Gasteiger partial charge in [0.2, 0.25) is 16.1 Å². The third-order valence-corrected chi connectivity index (χ3v) is 8.17. The summed E-state index contributed by atoms with van der Waals surface area (Å²) >= 11 is 7.23. The van der Waals surface area contributed by atoms with E-state index in [1.54, 1.807) is 12.1 Å². The van der Waals surface area contributed by atoms with Gasteiger partial charge >= 0.3 is 0 Å². The van der Waals surface area contributed by atoms with Crippen molar-refractivity contribution in [3.8, 4) is 0 Å². The van der Waals surface area contributed by atoms with Crippen LogP contribution < -0.4 is 0 Å². The van der Waals surface area contributed by atoms with Crippen LogP contribution >= 0.6 is 22.9 Å². The number of thiophene rings is 1. The van der Waals surface area contributed by atoms with Crippen molar-refractivity contribution in [1.29, 1.82) is 0 Å². The molecule has 1 saturated heterocycles. The maximum atomic E-state index is 14.0. The molecule has 0 radical (unpaired) electrons. The Bertz CT molecular complexity index is 1160. The van der Waals surface area contributed by atoms with Crippen LogP contribution in [0.3, 0.4) is 0 Å². The Labute approximate surface area is 184 Å². The van der Waals surface area contributed by atoms with Gasteiger partial charge in [-0.05, 0) is 24.3 Å². The summed E-state index contributed by atoms with van der Waals surface area (Å²) in [5, 5.41) is 3.94. The highest BCUT2D eigenvalue weighted by molar-refractivity contribution is 7.89. The molecule has 0 spiro atoms. The van der Waals surface area contributed by atoms with Gasteiger partial charge in [0.1, 0.15) is 10.6 Å². The molecule has 0 bridgehead atoms. The third kappa shape index (κ3) is 4.16. The largest absolute Gasteiger partial charge is 0.382 e. The van der Waals surface area contributed by atoms with Crippen molar-refractivity contribution in [3.05, 3.63) is 50.9 Å². The van der Waals surface area contributed by atoms with E-state index in [2.05, 4.69) is 5.16 Å². The number of rotatable bonds is 4. The molecular weight excluding hydrogens is 479 g/mol. The van der Waals surface area contributed by atoms with Crippen molar-refractivity contribution in [1.82, 2.24) is 9.21 Å². The average Bonchev–Trinajstić information content (AvgIpc) is 3.40. The fourth-order valence-corrected chi connectivity index (χ4v) is 5.84. The first-order valence-electron chi connectivity index (χ1n) is 9.09. The van der Waals surface area contributed by atoms with E-state index in [1.165, 1.54) is 16.2 Å². The number of sulfonamides is 1. The molecule has 1 aromatic heterocycles. The number of carbonyl (C=O) groups is 1. The third-order valence-electron chi connectivity index (χ3n) is 4.97. The van der Waals surface area contributed by atoms with Crippen LogP contribution in [0.1, 0.15) is 11.3 Å². The molecule has 1 fully saturated rings. The van der Waals surface area contributed by atoms with E-state index in [1.807, 2.05) is 0 Å². The molecule has 2 aromatic rings. The Hall–Kier alpha value is -2.15. The predicted molar refractivity (Wildman–Crippen MR) is 107 cm³/mol. The SMILES string of the molecule is O=C(C1CC(c2ccc(Cl)s2)=NO1)N1CCN(S(=O)(=O)c2ccc(F)c(F)c2F)CC1. The van der Waals surface area contributed by atoms with Gasteiger partial charge < -0.3 is 9.74 Å². The summed E-state index contributed by atoms with van der Waals surface area (Å²) in [4.78, 5) is 19.3. The van der Waals surface area contributed by atoms with Crippen LogP contribution in [0.5, 0.6) is 0 Å². The molecular formula is C18H15ClF3N3O4S2. The fraction of sp³-hybridized carbons (Fsp3) is 0.333. The second-order valence-electron chi connectivity index (χ2n) is 6.84. The van der Waals surface area contributed by atoms with Crippen LogP contribution in [0, 0.1) is 17.5 Å². The van der Waals surface area contributed by atoms with Gasteiger partial charge in [0.25, 0.3) is 5.91 Å². The quantitative estimate of drug-likeness (QED) is 0.614. The predicted octanol–water partition coefficient (Wildman–Crippen LogP) is 2.84. The van der Waals surface area contributed by atoms with Gasteiger partial charge in [0.05, 0.1) is 9.21 Å². The molecule has 0 N–H and O–H groups in total. The highest BCUT2D eigenvalue weighted by atomic mass is 35.5. The van der Waals surface area contributed by atoms with E-state index in [0.29, 0.717) is 22.2 Å². The maximum Gasteiger partial charge on any atom is 0.266 e. The summed E-state index contributed by atoms with van der Waals surface area (Å²) in [7, 11) is -4.39. The van der Waals surface area contributed by atoms with Crippen molar-refractivity contribution >= 4 is 44.6 Å². The Morgan fingerprint density at radius 2 is 1.81 bits per heavy atom. The van der Waals surface area contributed by atoms with Crippen LogP contribution in [-0.4, -0.2) is 61.5 Å². The number of halogens is 4. The Kier molecular flexibility index (Phi) is 5.99. The number of amides is 1. The van der Waals surface area contributed by atoms with E-state index in [4.69, 9.17) is 16.4 Å². The van der Waals surface area contributed by atoms with E-state index >= 15 is 0 Å². The fourth-order valence-electron chi connectivity index (χ4n) is 3.32. The molecule has 13 heteroatoms. The number of piperazine rings is 1. The van der Waals surface area contributed by atoms with E-state index in [9.17, 15) is 26.4 Å². The zero-order valence-corrected chi connectivity index (χ0v) is 18.1. The molecule has 4 rings (SSSR count). The molecule has 2 aliphatic heterocycles. The smallest absolute Gasteiger partial charge is 0.266 e. The van der Waals surface area contributed by atoms with Gasteiger partial charge in [0, 0.05) is 32.6 Å². The van der Waals surface area contributed by atoms with Crippen LogP contribution in [0.25, 0.3) is 0 Å². The Morgan fingerprint density at radius 1 is 1.10 bits per heavy atom. The molecule has 1 amide bonds. The number of hydrogen-bond acceptors (Lipinski definition) is 6. The normalized spacial score (nSPS) is 19.9. The standard InChI is InChI=1S/C18H15ClF3N3O4S2/c19-15-4-2-13(30-15)11-9-12(29-23-11)18(26)24-5-7-25(8-6-24)31(27,28)14-3-1-10(20)16(21)17(14)22/h1-4,12H,5-9H2. The lowest BCUT2D eigenvalue weighted by Gasteiger charge is -2.34. The van der Waals surface area contributed by atoms with Gasteiger partial charge in [-0.1, -0.05) is 16.8 Å². The Morgan fingerprint density at radius 3 is 2.45 bits per heavy atom. The number of hydrogen-bond donors (Lipinski definition) is 0. The highest BCUT2D eigenvalue weighted by Crippen LogP contribution is 2.28. The van der Waals surface area contributed by atoms with Gasteiger partial charge in [-0.15, -0.1) is 11.3 Å². The minimum atomic E-state index is -4.39. The van der Waals surface area contributed by atoms with Crippen molar-refractivity contribution < 1.29 is 31.2 Å². The first-order chi connectivity index (χ1) is 14.7. The molecule has 1 atom stereocenters. The second kappa shape index (κ2) is 8.41. The van der Waals surface area contributed by atoms with Crippen LogP contribution in [0.4, 0.5) is 13.2 Å². The number of carbonyl (C=O) groups excluding carboxylic acids is 1. The van der Waals surface area contributed by atoms with Crippen LogP contribution in [0.15, 0.2) is 34.3 Å². The summed E-state index contributed by atoms with van der Waals surface area (Å²) in [6.07, 6.45) is -0.573. The van der Waals surface area contributed by atoms with Crippen molar-refractivity contribution in [2.24, 2.45) is 5.16 Å². The Balaban J connectivity index is 1.39. The van der Waals surface area contributed by atoms with Crippen LogP contribution in [-0.2, 0) is 19.7 Å². The molecule has 0 saturated carbocycles. The second-order valence-corrected chi connectivity index (χ2v) is 10.5. The molecule has 166 valence electrons. The molecule has 1 aromatic carbocycles. The molecule has 0 aliphatic carbocycles. The summed E-state index contributed by atoms with van der Waals surface area (Å²) in [6, 6.07) is 4.74. The van der Waals surface area contributed by atoms with Gasteiger partial charge in [-0.3, -0.25) is 4.79 Å². The lowest BCUT2D eigenvalue weighted by Crippen LogP contribution is -2.52. The van der Waals surface area contributed by atoms with Crippen LogP contribution in [0.2, 0.25) is 4.34 Å². The summed E-state index contributed by atoms with van der Waals surface area (Å²) in [5.74, 6) is -5.44. The minimum Gasteiger partial charge on any atom is -0.382 e. The first kappa shape index (κ1) is 22.1. The monoisotopic (exact) mass is 493 g/mol. The lowest BCUT2D eigenvalue weighted by atomic mass is 10.1. The zero-order valence-electron chi connectivity index (χ0n) is 15.7. The van der Waals surface area contributed by atoms with E-state index in [0.717, 1.165) is 9.18 Å². The average molecular weight is 494 g/mol. The number of nitrogens with zero attached hydrogens (tertiary/aromatic N) is 3. The number of benzene rings is 1. The number of oxime groups is 1. The first-order valence-corrected chi connectivity index (χ1v) is 11.7. The van der Waals surface area contributed by atoms with E-state index < -0.39 is 38.5 Å². The van der Waals surface area contributed by atoms with Gasteiger partial charge in [-0.25, -0.2) is 21.6 Å².